The predicted molar refractivity (Wildman–Crippen MR) is 61.6 cm³/mol. The van der Waals surface area contributed by atoms with Crippen molar-refractivity contribution < 1.29 is 4.39 Å². The fourth-order valence-corrected chi connectivity index (χ4v) is 1.76. The Morgan fingerprint density at radius 3 is 2.88 bits per heavy atom. The van der Waals surface area contributed by atoms with Crippen molar-refractivity contribution in [3.8, 4) is 5.82 Å². The molecule has 0 radical (unpaired) electrons. The summed E-state index contributed by atoms with van der Waals surface area (Å²) in [6.07, 6.45) is 2.55. The molecule has 0 bridgehead atoms. The highest BCUT2D eigenvalue weighted by Crippen LogP contribution is 2.19. The first-order valence-corrected chi connectivity index (χ1v) is 5.24. The Hall–Kier alpha value is -2.01. The third kappa shape index (κ3) is 1.64. The average Bonchev–Trinajstić information content (AvgIpc) is 2.76. The first-order chi connectivity index (χ1) is 8.25. The van der Waals surface area contributed by atoms with Crippen molar-refractivity contribution in [2.45, 2.75) is 0 Å². The molecule has 0 saturated heterocycles. The van der Waals surface area contributed by atoms with E-state index in [2.05, 4.69) is 15.0 Å². The molecule has 2 heterocycles. The van der Waals surface area contributed by atoms with E-state index in [9.17, 15) is 4.39 Å². The highest BCUT2D eigenvalue weighted by molar-refractivity contribution is 6.28. The number of halogens is 2. The number of hydrogen-bond acceptors (Lipinski definition) is 3. The van der Waals surface area contributed by atoms with Crippen LogP contribution in [-0.2, 0) is 0 Å². The molecule has 0 atom stereocenters. The van der Waals surface area contributed by atoms with Gasteiger partial charge in [-0.05, 0) is 23.7 Å². The molecule has 0 aliphatic rings. The number of nitrogens with zero attached hydrogens (tertiary/aromatic N) is 4. The van der Waals surface area contributed by atoms with E-state index in [4.69, 9.17) is 11.6 Å². The number of imidazole rings is 1. The van der Waals surface area contributed by atoms with Gasteiger partial charge in [0.1, 0.15) is 6.33 Å². The Balaban J connectivity index is 2.31. The molecule has 2 aromatic heterocycles. The maximum absolute atomic E-state index is 13.6. The van der Waals surface area contributed by atoms with Crippen LogP contribution >= 0.6 is 11.6 Å². The third-order valence-electron chi connectivity index (χ3n) is 2.38. The second-order valence-electron chi connectivity index (χ2n) is 3.41. The van der Waals surface area contributed by atoms with Gasteiger partial charge in [-0.25, -0.2) is 14.4 Å². The summed E-state index contributed by atoms with van der Waals surface area (Å²) in [7, 11) is 0. The van der Waals surface area contributed by atoms with Gasteiger partial charge >= 0.3 is 0 Å². The molecule has 0 aliphatic heterocycles. The molecular weight excluding hydrogens is 243 g/mol. The van der Waals surface area contributed by atoms with Crippen LogP contribution < -0.4 is 0 Å². The molecule has 0 amide bonds. The van der Waals surface area contributed by atoms with Gasteiger partial charge in [-0.3, -0.25) is 4.57 Å². The van der Waals surface area contributed by atoms with Crippen LogP contribution in [0.5, 0.6) is 0 Å². The fourth-order valence-electron chi connectivity index (χ4n) is 1.63. The second kappa shape index (κ2) is 3.78. The minimum absolute atomic E-state index is 0.000758. The van der Waals surface area contributed by atoms with Gasteiger partial charge in [0.2, 0.25) is 5.28 Å². The molecular formula is C11H6ClFN4. The molecule has 3 aromatic rings. The molecule has 0 unspecified atom stereocenters. The molecule has 6 heteroatoms. The fraction of sp³-hybridized carbons (Fsp3) is 0. The maximum atomic E-state index is 13.6. The lowest BCUT2D eigenvalue weighted by Crippen LogP contribution is -2.01. The zero-order valence-electron chi connectivity index (χ0n) is 8.51. The highest BCUT2D eigenvalue weighted by atomic mass is 35.5. The predicted octanol–water partition coefficient (Wildman–Crippen LogP) is 2.61. The van der Waals surface area contributed by atoms with Crippen molar-refractivity contribution in [3.05, 3.63) is 47.9 Å². The van der Waals surface area contributed by atoms with Crippen molar-refractivity contribution in [2.24, 2.45) is 0 Å². The van der Waals surface area contributed by atoms with Gasteiger partial charge < -0.3 is 0 Å². The Labute approximate surface area is 101 Å². The molecule has 4 nitrogen and oxygen atoms in total. The Bertz CT molecular complexity index is 695. The van der Waals surface area contributed by atoms with Crippen LogP contribution in [0.2, 0.25) is 5.28 Å². The maximum Gasteiger partial charge on any atom is 0.224 e. The van der Waals surface area contributed by atoms with E-state index in [0.717, 1.165) is 17.2 Å². The van der Waals surface area contributed by atoms with E-state index in [1.165, 1.54) is 10.9 Å². The van der Waals surface area contributed by atoms with Crippen LogP contribution in [0, 0.1) is 5.82 Å². The Morgan fingerprint density at radius 1 is 1.18 bits per heavy atom. The number of para-hydroxylation sites is 2. The normalized spacial score (nSPS) is 10.9. The summed E-state index contributed by atoms with van der Waals surface area (Å²) < 4.78 is 15.2. The van der Waals surface area contributed by atoms with Crippen LogP contribution in [0.25, 0.3) is 16.9 Å². The number of rotatable bonds is 1. The summed E-state index contributed by atoms with van der Waals surface area (Å²) in [5, 5.41) is -0.000758. The standard InChI is InChI=1S/C11H6ClFN4/c12-11-14-5-7(13)10(16-11)17-6-15-8-3-1-2-4-9(8)17/h1-6H. The second-order valence-corrected chi connectivity index (χ2v) is 3.75. The monoisotopic (exact) mass is 248 g/mol. The van der Waals surface area contributed by atoms with E-state index in [1.807, 2.05) is 24.3 Å². The molecule has 0 fully saturated rings. The molecule has 84 valence electrons. The third-order valence-corrected chi connectivity index (χ3v) is 2.56. The van der Waals surface area contributed by atoms with E-state index < -0.39 is 5.82 Å². The van der Waals surface area contributed by atoms with Gasteiger partial charge in [0.05, 0.1) is 17.2 Å². The quantitative estimate of drug-likeness (QED) is 0.622. The Kier molecular flexibility index (Phi) is 2.26. The van der Waals surface area contributed by atoms with E-state index in [1.54, 1.807) is 0 Å². The van der Waals surface area contributed by atoms with Crippen LogP contribution in [0.3, 0.4) is 0 Å². The minimum atomic E-state index is -0.544. The van der Waals surface area contributed by atoms with Crippen LogP contribution in [0.4, 0.5) is 4.39 Å². The first kappa shape index (κ1) is 10.2. The van der Waals surface area contributed by atoms with Gasteiger partial charge in [-0.1, -0.05) is 12.1 Å². The van der Waals surface area contributed by atoms with Crippen molar-refractivity contribution in [2.75, 3.05) is 0 Å². The van der Waals surface area contributed by atoms with E-state index in [-0.39, 0.29) is 11.1 Å². The zero-order chi connectivity index (χ0) is 11.8. The van der Waals surface area contributed by atoms with Gasteiger partial charge in [-0.2, -0.15) is 4.98 Å². The van der Waals surface area contributed by atoms with E-state index >= 15 is 0 Å². The number of aromatic nitrogens is 4. The lowest BCUT2D eigenvalue weighted by atomic mass is 10.3. The first-order valence-electron chi connectivity index (χ1n) is 4.86. The molecule has 0 saturated carbocycles. The highest BCUT2D eigenvalue weighted by Gasteiger charge is 2.11. The summed E-state index contributed by atoms with van der Waals surface area (Å²) in [6.45, 7) is 0. The molecule has 3 rings (SSSR count). The van der Waals surface area contributed by atoms with Crippen molar-refractivity contribution in [1.82, 2.24) is 19.5 Å². The molecule has 0 N–H and O–H groups in total. The van der Waals surface area contributed by atoms with Crippen LogP contribution in [-0.4, -0.2) is 19.5 Å². The summed E-state index contributed by atoms with van der Waals surface area (Å²) in [5.74, 6) is -0.448. The summed E-state index contributed by atoms with van der Waals surface area (Å²) in [4.78, 5) is 11.6. The lowest BCUT2D eigenvalue weighted by molar-refractivity contribution is 0.603. The van der Waals surface area contributed by atoms with Crippen molar-refractivity contribution in [3.63, 3.8) is 0 Å². The molecule has 17 heavy (non-hydrogen) atoms. The van der Waals surface area contributed by atoms with Crippen LogP contribution in [0.1, 0.15) is 0 Å². The number of benzene rings is 1. The minimum Gasteiger partial charge on any atom is -0.280 e. The van der Waals surface area contributed by atoms with Crippen molar-refractivity contribution >= 4 is 22.6 Å². The van der Waals surface area contributed by atoms with Crippen LogP contribution in [0.15, 0.2) is 36.8 Å². The smallest absolute Gasteiger partial charge is 0.224 e. The van der Waals surface area contributed by atoms with Gasteiger partial charge in [-0.15, -0.1) is 0 Å². The average molecular weight is 249 g/mol. The van der Waals surface area contributed by atoms with E-state index in [0.29, 0.717) is 0 Å². The summed E-state index contributed by atoms with van der Waals surface area (Å²) >= 11 is 5.66. The zero-order valence-corrected chi connectivity index (χ0v) is 9.26. The molecule has 1 aromatic carbocycles. The van der Waals surface area contributed by atoms with Gasteiger partial charge in [0.25, 0.3) is 0 Å². The Morgan fingerprint density at radius 2 is 2.00 bits per heavy atom. The lowest BCUT2D eigenvalue weighted by Gasteiger charge is -2.04. The summed E-state index contributed by atoms with van der Waals surface area (Å²) in [5.41, 5.74) is 1.53. The number of fused-ring (bicyclic) bond motifs is 1. The topological polar surface area (TPSA) is 43.6 Å². The molecule has 0 spiro atoms. The number of hydrogen-bond donors (Lipinski definition) is 0. The van der Waals surface area contributed by atoms with Gasteiger partial charge in [0, 0.05) is 0 Å². The van der Waals surface area contributed by atoms with Crippen molar-refractivity contribution in [1.29, 1.82) is 0 Å². The largest absolute Gasteiger partial charge is 0.280 e. The SMILES string of the molecule is Fc1cnc(Cl)nc1-n1cnc2ccccc21. The van der Waals surface area contributed by atoms with Gasteiger partial charge in [0.15, 0.2) is 11.6 Å². The summed E-state index contributed by atoms with van der Waals surface area (Å²) in [6, 6.07) is 7.38. The molecule has 0 aliphatic carbocycles.